The monoisotopic (exact) mass is 382 g/mol. The number of rotatable bonds is 8. The fraction of sp³-hybridized carbons (Fsp3) is 0.429. The van der Waals surface area contributed by atoms with E-state index in [0.29, 0.717) is 18.2 Å². The Kier molecular flexibility index (Phi) is 6.57. The number of nitro groups is 1. The van der Waals surface area contributed by atoms with Crippen LogP contribution in [0.25, 0.3) is 0 Å². The van der Waals surface area contributed by atoms with Crippen LogP contribution in [-0.4, -0.2) is 21.4 Å². The van der Waals surface area contributed by atoms with Gasteiger partial charge in [-0.05, 0) is 55.7 Å². The zero-order valence-corrected chi connectivity index (χ0v) is 16.4. The first-order valence-corrected chi connectivity index (χ1v) is 9.73. The van der Waals surface area contributed by atoms with Gasteiger partial charge >= 0.3 is 11.6 Å². The van der Waals surface area contributed by atoms with Gasteiger partial charge in [0.05, 0.1) is 4.92 Å². The van der Waals surface area contributed by atoms with Crippen LogP contribution in [0.4, 0.5) is 11.5 Å². The fourth-order valence-corrected chi connectivity index (χ4v) is 3.24. The number of allylic oxidation sites excluding steroid dienone is 1. The van der Waals surface area contributed by atoms with E-state index in [1.54, 1.807) is 12.1 Å². The number of nitrogens with zero attached hydrogens (tertiary/aromatic N) is 3. The molecule has 7 heteroatoms. The molecule has 1 heterocycles. The van der Waals surface area contributed by atoms with Crippen molar-refractivity contribution >= 4 is 11.5 Å². The number of benzene rings is 1. The van der Waals surface area contributed by atoms with Crippen LogP contribution in [0, 0.1) is 10.1 Å². The van der Waals surface area contributed by atoms with Crippen molar-refractivity contribution in [3.05, 3.63) is 57.9 Å². The molecule has 1 aromatic heterocycles. The highest BCUT2D eigenvalue weighted by atomic mass is 16.6. The van der Waals surface area contributed by atoms with E-state index in [2.05, 4.69) is 35.2 Å². The lowest BCUT2D eigenvalue weighted by Crippen LogP contribution is -2.09. The summed E-state index contributed by atoms with van der Waals surface area (Å²) in [5.74, 6) is 1.03. The first-order valence-electron chi connectivity index (χ1n) is 9.73. The maximum atomic E-state index is 11.6. The number of aromatic nitrogens is 2. The van der Waals surface area contributed by atoms with Gasteiger partial charge in [0.2, 0.25) is 5.82 Å². The van der Waals surface area contributed by atoms with Crippen LogP contribution in [0.3, 0.4) is 0 Å². The molecular weight excluding hydrogens is 356 g/mol. The molecule has 0 atom stereocenters. The van der Waals surface area contributed by atoms with E-state index in [0.717, 1.165) is 19.3 Å². The van der Waals surface area contributed by atoms with Gasteiger partial charge in [-0.3, -0.25) is 10.1 Å². The second kappa shape index (κ2) is 9.30. The third kappa shape index (κ3) is 5.06. The second-order valence-electron chi connectivity index (χ2n) is 7.24. The van der Waals surface area contributed by atoms with Gasteiger partial charge in [-0.1, -0.05) is 37.6 Å². The normalized spacial score (nSPS) is 13.9. The minimum atomic E-state index is -0.500. The number of ether oxygens (including phenoxy) is 1. The van der Waals surface area contributed by atoms with Gasteiger partial charge in [0.25, 0.3) is 0 Å². The smallest absolute Gasteiger partial charge is 0.373 e. The third-order valence-corrected chi connectivity index (χ3v) is 4.86. The van der Waals surface area contributed by atoms with Crippen molar-refractivity contribution in [1.82, 2.24) is 9.97 Å². The molecule has 1 N–H and O–H groups in total. The molecular formula is C21H26N4O3. The number of anilines is 1. The molecule has 0 fully saturated rings. The molecule has 0 amide bonds. The minimum Gasteiger partial charge on any atom is -0.434 e. The molecule has 1 aromatic carbocycles. The zero-order chi connectivity index (χ0) is 19.9. The zero-order valence-electron chi connectivity index (χ0n) is 16.4. The summed E-state index contributed by atoms with van der Waals surface area (Å²) in [7, 11) is 0. The predicted octanol–water partition coefficient (Wildman–Crippen LogP) is 5.60. The Balaban J connectivity index is 1.73. The molecule has 0 radical (unpaired) electrons. The van der Waals surface area contributed by atoms with Gasteiger partial charge in [0.15, 0.2) is 0 Å². The standard InChI is InChI=1S/C21H26N4O3/c1-15(2)17-8-10-18(11-9-17)28-21-19(25(26)27)20(23-14-24-21)22-13-12-16-6-4-3-5-7-16/h6,8-11,14-15H,3-5,7,12-13H2,1-2H3,(H,22,23,24). The lowest BCUT2D eigenvalue weighted by atomic mass is 9.97. The van der Waals surface area contributed by atoms with Crippen LogP contribution in [0.5, 0.6) is 11.6 Å². The van der Waals surface area contributed by atoms with E-state index in [1.165, 1.54) is 30.3 Å². The Morgan fingerprint density at radius 3 is 2.64 bits per heavy atom. The van der Waals surface area contributed by atoms with Crippen molar-refractivity contribution in [3.63, 3.8) is 0 Å². The fourth-order valence-electron chi connectivity index (χ4n) is 3.24. The summed E-state index contributed by atoms with van der Waals surface area (Å²) >= 11 is 0. The first kappa shape index (κ1) is 19.8. The third-order valence-electron chi connectivity index (χ3n) is 4.86. The minimum absolute atomic E-state index is 0.0586. The summed E-state index contributed by atoms with van der Waals surface area (Å²) in [6, 6.07) is 7.49. The van der Waals surface area contributed by atoms with Crippen LogP contribution in [0.2, 0.25) is 0 Å². The molecule has 7 nitrogen and oxygen atoms in total. The Bertz CT molecular complexity index is 847. The summed E-state index contributed by atoms with van der Waals surface area (Å²) in [6.07, 6.45) is 9.10. The van der Waals surface area contributed by atoms with Crippen LogP contribution in [0.15, 0.2) is 42.2 Å². The average Bonchev–Trinajstić information content (AvgIpc) is 2.69. The van der Waals surface area contributed by atoms with E-state index in [1.807, 2.05) is 12.1 Å². The van der Waals surface area contributed by atoms with Gasteiger partial charge < -0.3 is 10.1 Å². The Morgan fingerprint density at radius 2 is 2.00 bits per heavy atom. The number of hydrogen-bond acceptors (Lipinski definition) is 6. The molecule has 0 bridgehead atoms. The van der Waals surface area contributed by atoms with Crippen LogP contribution < -0.4 is 10.1 Å². The predicted molar refractivity (Wildman–Crippen MR) is 109 cm³/mol. The number of nitrogens with one attached hydrogen (secondary N) is 1. The molecule has 0 saturated heterocycles. The lowest BCUT2D eigenvalue weighted by molar-refractivity contribution is -0.385. The van der Waals surface area contributed by atoms with E-state index in [9.17, 15) is 10.1 Å². The summed E-state index contributed by atoms with van der Waals surface area (Å²) in [4.78, 5) is 19.2. The molecule has 0 aliphatic heterocycles. The SMILES string of the molecule is CC(C)c1ccc(Oc2ncnc(NCCC3=CCCCC3)c2[N+](=O)[O-])cc1. The van der Waals surface area contributed by atoms with Crippen molar-refractivity contribution in [2.24, 2.45) is 0 Å². The number of hydrogen-bond donors (Lipinski definition) is 1. The van der Waals surface area contributed by atoms with Crippen LogP contribution in [0.1, 0.15) is 57.4 Å². The highest BCUT2D eigenvalue weighted by molar-refractivity contribution is 5.61. The van der Waals surface area contributed by atoms with Gasteiger partial charge in [-0.25, -0.2) is 4.98 Å². The topological polar surface area (TPSA) is 90.2 Å². The summed E-state index contributed by atoms with van der Waals surface area (Å²) in [6.45, 7) is 4.80. The van der Waals surface area contributed by atoms with Gasteiger partial charge in [-0.15, -0.1) is 0 Å². The highest BCUT2D eigenvalue weighted by Crippen LogP contribution is 2.34. The largest absolute Gasteiger partial charge is 0.434 e. The molecule has 148 valence electrons. The van der Waals surface area contributed by atoms with E-state index in [-0.39, 0.29) is 17.4 Å². The van der Waals surface area contributed by atoms with E-state index in [4.69, 9.17) is 4.74 Å². The van der Waals surface area contributed by atoms with Crippen molar-refractivity contribution < 1.29 is 9.66 Å². The van der Waals surface area contributed by atoms with Crippen LogP contribution >= 0.6 is 0 Å². The summed E-state index contributed by atoms with van der Waals surface area (Å²) in [5.41, 5.74) is 2.33. The van der Waals surface area contributed by atoms with Gasteiger partial charge in [0.1, 0.15) is 12.1 Å². The Labute approximate surface area is 165 Å². The summed E-state index contributed by atoms with van der Waals surface area (Å²) < 4.78 is 5.70. The van der Waals surface area contributed by atoms with Crippen molar-refractivity contribution in [3.8, 4) is 11.6 Å². The van der Waals surface area contributed by atoms with Crippen molar-refractivity contribution in [1.29, 1.82) is 0 Å². The molecule has 28 heavy (non-hydrogen) atoms. The molecule has 0 saturated carbocycles. The van der Waals surface area contributed by atoms with Crippen LogP contribution in [-0.2, 0) is 0 Å². The first-order chi connectivity index (χ1) is 13.5. The molecule has 1 aliphatic carbocycles. The Hall–Kier alpha value is -2.96. The van der Waals surface area contributed by atoms with E-state index < -0.39 is 4.92 Å². The molecule has 2 aromatic rings. The quantitative estimate of drug-likeness (QED) is 0.363. The highest BCUT2D eigenvalue weighted by Gasteiger charge is 2.25. The Morgan fingerprint density at radius 1 is 1.21 bits per heavy atom. The molecule has 1 aliphatic rings. The van der Waals surface area contributed by atoms with Crippen molar-refractivity contribution in [2.45, 2.75) is 51.9 Å². The van der Waals surface area contributed by atoms with Gasteiger partial charge in [-0.2, -0.15) is 4.98 Å². The van der Waals surface area contributed by atoms with E-state index >= 15 is 0 Å². The maximum absolute atomic E-state index is 11.6. The average molecular weight is 382 g/mol. The van der Waals surface area contributed by atoms with Crippen molar-refractivity contribution in [2.75, 3.05) is 11.9 Å². The van der Waals surface area contributed by atoms with Gasteiger partial charge in [0, 0.05) is 6.54 Å². The lowest BCUT2D eigenvalue weighted by Gasteiger charge is -2.13. The molecule has 0 unspecified atom stereocenters. The molecule has 0 spiro atoms. The summed E-state index contributed by atoms with van der Waals surface area (Å²) in [5, 5.41) is 14.7. The maximum Gasteiger partial charge on any atom is 0.373 e. The molecule has 3 rings (SSSR count). The second-order valence-corrected chi connectivity index (χ2v) is 7.24.